The third-order valence-corrected chi connectivity index (χ3v) is 3.20. The Kier molecular flexibility index (Phi) is 4.44. The van der Waals surface area contributed by atoms with Crippen LogP contribution in [0.1, 0.15) is 11.3 Å². The number of carbonyl (C=O) groups is 1. The van der Waals surface area contributed by atoms with Gasteiger partial charge in [-0.3, -0.25) is 4.79 Å². The molecular formula is C13H15N3OS. The van der Waals surface area contributed by atoms with Crippen LogP contribution in [-0.2, 0) is 17.8 Å². The fourth-order valence-corrected chi connectivity index (χ4v) is 2.15. The van der Waals surface area contributed by atoms with Crippen molar-refractivity contribution in [1.29, 1.82) is 0 Å². The van der Waals surface area contributed by atoms with Crippen LogP contribution >= 0.6 is 11.3 Å². The normalized spacial score (nSPS) is 12.1. The lowest BCUT2D eigenvalue weighted by Crippen LogP contribution is -2.41. The molecule has 1 heterocycles. The molecule has 0 aliphatic heterocycles. The zero-order chi connectivity index (χ0) is 12.8. The SMILES string of the molecule is NC(Cc1ccccc1)C(=O)NCc1cscn1. The van der Waals surface area contributed by atoms with E-state index in [-0.39, 0.29) is 5.91 Å². The summed E-state index contributed by atoms with van der Waals surface area (Å²) in [6.45, 7) is 0.435. The zero-order valence-corrected chi connectivity index (χ0v) is 10.7. The van der Waals surface area contributed by atoms with Gasteiger partial charge in [0.05, 0.1) is 23.8 Å². The van der Waals surface area contributed by atoms with Crippen molar-refractivity contribution in [2.75, 3.05) is 0 Å². The molecular weight excluding hydrogens is 246 g/mol. The number of hydrogen-bond acceptors (Lipinski definition) is 4. The van der Waals surface area contributed by atoms with Gasteiger partial charge >= 0.3 is 0 Å². The lowest BCUT2D eigenvalue weighted by Gasteiger charge is -2.11. The van der Waals surface area contributed by atoms with Crippen molar-refractivity contribution in [3.63, 3.8) is 0 Å². The summed E-state index contributed by atoms with van der Waals surface area (Å²) in [6.07, 6.45) is 0.545. The van der Waals surface area contributed by atoms with Crippen molar-refractivity contribution < 1.29 is 4.79 Å². The van der Waals surface area contributed by atoms with E-state index in [9.17, 15) is 4.79 Å². The number of nitrogens with zero attached hydrogens (tertiary/aromatic N) is 1. The molecule has 2 rings (SSSR count). The summed E-state index contributed by atoms with van der Waals surface area (Å²) >= 11 is 1.51. The highest BCUT2D eigenvalue weighted by Crippen LogP contribution is 2.03. The van der Waals surface area contributed by atoms with Crippen molar-refractivity contribution in [3.05, 3.63) is 52.5 Å². The van der Waals surface area contributed by atoms with Crippen molar-refractivity contribution in [1.82, 2.24) is 10.3 Å². The average Bonchev–Trinajstić information content (AvgIpc) is 2.90. The topological polar surface area (TPSA) is 68.0 Å². The van der Waals surface area contributed by atoms with Crippen LogP contribution in [0.4, 0.5) is 0 Å². The molecule has 0 saturated carbocycles. The Hall–Kier alpha value is -1.72. The first-order chi connectivity index (χ1) is 8.75. The number of rotatable bonds is 5. The van der Waals surface area contributed by atoms with Crippen LogP contribution in [0, 0.1) is 0 Å². The first-order valence-electron chi connectivity index (χ1n) is 5.70. The van der Waals surface area contributed by atoms with Crippen LogP contribution in [0.2, 0.25) is 0 Å². The largest absolute Gasteiger partial charge is 0.349 e. The Labute approximate surface area is 110 Å². The number of benzene rings is 1. The lowest BCUT2D eigenvalue weighted by molar-refractivity contribution is -0.122. The van der Waals surface area contributed by atoms with E-state index in [1.807, 2.05) is 35.7 Å². The number of aromatic nitrogens is 1. The number of amides is 1. The van der Waals surface area contributed by atoms with Crippen molar-refractivity contribution in [2.24, 2.45) is 5.73 Å². The third-order valence-electron chi connectivity index (χ3n) is 2.56. The van der Waals surface area contributed by atoms with E-state index in [0.717, 1.165) is 11.3 Å². The fourth-order valence-electron chi connectivity index (χ4n) is 1.59. The number of thiazole rings is 1. The molecule has 0 aliphatic carbocycles. The van der Waals surface area contributed by atoms with Gasteiger partial charge in [-0.15, -0.1) is 11.3 Å². The maximum absolute atomic E-state index is 11.8. The quantitative estimate of drug-likeness (QED) is 0.853. The molecule has 0 fully saturated rings. The predicted molar refractivity (Wildman–Crippen MR) is 72.1 cm³/mol. The van der Waals surface area contributed by atoms with Gasteiger partial charge < -0.3 is 11.1 Å². The molecule has 0 bridgehead atoms. The van der Waals surface area contributed by atoms with Gasteiger partial charge in [-0.2, -0.15) is 0 Å². The molecule has 1 aromatic heterocycles. The van der Waals surface area contributed by atoms with Gasteiger partial charge in [0, 0.05) is 5.38 Å². The monoisotopic (exact) mass is 261 g/mol. The molecule has 94 valence electrons. The van der Waals surface area contributed by atoms with Gasteiger partial charge in [0.1, 0.15) is 0 Å². The minimum atomic E-state index is -0.522. The lowest BCUT2D eigenvalue weighted by atomic mass is 10.1. The van der Waals surface area contributed by atoms with Crippen molar-refractivity contribution >= 4 is 17.2 Å². The van der Waals surface area contributed by atoms with Gasteiger partial charge in [0.25, 0.3) is 0 Å². The van der Waals surface area contributed by atoms with Gasteiger partial charge in [-0.1, -0.05) is 30.3 Å². The van der Waals surface area contributed by atoms with E-state index in [4.69, 9.17) is 5.73 Å². The van der Waals surface area contributed by atoms with Gasteiger partial charge in [0.15, 0.2) is 0 Å². The predicted octanol–water partition coefficient (Wildman–Crippen LogP) is 1.33. The molecule has 5 heteroatoms. The minimum absolute atomic E-state index is 0.146. The summed E-state index contributed by atoms with van der Waals surface area (Å²) in [4.78, 5) is 15.9. The highest BCUT2D eigenvalue weighted by Gasteiger charge is 2.13. The highest BCUT2D eigenvalue weighted by molar-refractivity contribution is 7.07. The smallest absolute Gasteiger partial charge is 0.237 e. The van der Waals surface area contributed by atoms with E-state index in [1.165, 1.54) is 11.3 Å². The van der Waals surface area contributed by atoms with E-state index >= 15 is 0 Å². The molecule has 3 N–H and O–H groups in total. The Morgan fingerprint density at radius 2 is 2.17 bits per heavy atom. The summed E-state index contributed by atoms with van der Waals surface area (Å²) in [5, 5.41) is 4.69. The second-order valence-electron chi connectivity index (χ2n) is 3.99. The highest BCUT2D eigenvalue weighted by atomic mass is 32.1. The first-order valence-corrected chi connectivity index (χ1v) is 6.64. The summed E-state index contributed by atoms with van der Waals surface area (Å²) < 4.78 is 0. The van der Waals surface area contributed by atoms with Gasteiger partial charge in [-0.25, -0.2) is 4.98 Å². The molecule has 0 spiro atoms. The molecule has 1 aromatic carbocycles. The van der Waals surface area contributed by atoms with Crippen molar-refractivity contribution in [2.45, 2.75) is 19.0 Å². The Balaban J connectivity index is 1.82. The number of hydrogen-bond donors (Lipinski definition) is 2. The summed E-state index contributed by atoms with van der Waals surface area (Å²) in [6, 6.07) is 9.23. The van der Waals surface area contributed by atoms with Crippen LogP contribution < -0.4 is 11.1 Å². The van der Waals surface area contributed by atoms with Crippen LogP contribution in [0.5, 0.6) is 0 Å². The number of nitrogens with two attached hydrogens (primary N) is 1. The molecule has 4 nitrogen and oxygen atoms in total. The minimum Gasteiger partial charge on any atom is -0.349 e. The summed E-state index contributed by atoms with van der Waals surface area (Å²) in [5.41, 5.74) is 9.53. The molecule has 2 aromatic rings. The molecule has 18 heavy (non-hydrogen) atoms. The van der Waals surface area contributed by atoms with E-state index < -0.39 is 6.04 Å². The first kappa shape index (κ1) is 12.7. The molecule has 1 amide bonds. The maximum Gasteiger partial charge on any atom is 0.237 e. The van der Waals surface area contributed by atoms with Crippen LogP contribution in [0.3, 0.4) is 0 Å². The van der Waals surface area contributed by atoms with Crippen LogP contribution in [0.25, 0.3) is 0 Å². The number of nitrogens with one attached hydrogen (secondary N) is 1. The standard InChI is InChI=1S/C13H15N3OS/c14-12(6-10-4-2-1-3-5-10)13(17)15-7-11-8-18-9-16-11/h1-5,8-9,12H,6-7,14H2,(H,15,17). The van der Waals surface area contributed by atoms with Gasteiger partial charge in [0.2, 0.25) is 5.91 Å². The molecule has 1 unspecified atom stereocenters. The molecule has 0 saturated heterocycles. The summed E-state index contributed by atoms with van der Waals surface area (Å²) in [7, 11) is 0. The molecule has 0 aliphatic rings. The third kappa shape index (κ3) is 3.65. The maximum atomic E-state index is 11.8. The fraction of sp³-hybridized carbons (Fsp3) is 0.231. The Morgan fingerprint density at radius 1 is 1.39 bits per heavy atom. The van der Waals surface area contributed by atoms with E-state index in [2.05, 4.69) is 10.3 Å². The Bertz CT molecular complexity index is 484. The van der Waals surface area contributed by atoms with E-state index in [0.29, 0.717) is 13.0 Å². The average molecular weight is 261 g/mol. The van der Waals surface area contributed by atoms with Gasteiger partial charge in [-0.05, 0) is 12.0 Å². The zero-order valence-electron chi connectivity index (χ0n) is 9.87. The van der Waals surface area contributed by atoms with Crippen LogP contribution in [-0.4, -0.2) is 16.9 Å². The second kappa shape index (κ2) is 6.28. The van der Waals surface area contributed by atoms with Crippen LogP contribution in [0.15, 0.2) is 41.2 Å². The molecule has 1 atom stereocenters. The number of carbonyl (C=O) groups excluding carboxylic acids is 1. The Morgan fingerprint density at radius 3 is 2.83 bits per heavy atom. The summed E-state index contributed by atoms with van der Waals surface area (Å²) in [5.74, 6) is -0.146. The van der Waals surface area contributed by atoms with E-state index in [1.54, 1.807) is 5.51 Å². The molecule has 0 radical (unpaired) electrons. The van der Waals surface area contributed by atoms with Crippen molar-refractivity contribution in [3.8, 4) is 0 Å². The second-order valence-corrected chi connectivity index (χ2v) is 4.71.